The average Bonchev–Trinajstić information content (AvgIpc) is 2.80. The molecule has 1 amide bonds. The van der Waals surface area contributed by atoms with E-state index in [9.17, 15) is 9.18 Å². The van der Waals surface area contributed by atoms with Crippen LogP contribution in [0.15, 0.2) is 72.8 Å². The molecular weight excluding hydrogens is 413 g/mol. The van der Waals surface area contributed by atoms with Crippen LogP contribution >= 0.6 is 11.6 Å². The number of anilines is 3. The van der Waals surface area contributed by atoms with Gasteiger partial charge in [-0.15, -0.1) is 0 Å². The number of nitrogens with zero attached hydrogens (tertiary/aromatic N) is 2. The zero-order valence-corrected chi connectivity index (χ0v) is 17.7. The SMILES string of the molecule is O=C(Nc1ccc(F)cc1)C1Cc2ccccc2N2CCN(c3ccc(Cl)cc3)CC12. The van der Waals surface area contributed by atoms with Gasteiger partial charge in [-0.1, -0.05) is 29.8 Å². The topological polar surface area (TPSA) is 35.6 Å². The number of rotatable bonds is 3. The Morgan fingerprint density at radius 3 is 2.48 bits per heavy atom. The molecule has 158 valence electrons. The van der Waals surface area contributed by atoms with Gasteiger partial charge in [-0.05, 0) is 66.6 Å². The Morgan fingerprint density at radius 2 is 1.71 bits per heavy atom. The normalized spacial score (nSPS) is 20.1. The second-order valence-electron chi connectivity index (χ2n) is 8.12. The zero-order valence-electron chi connectivity index (χ0n) is 17.0. The first-order valence-corrected chi connectivity index (χ1v) is 10.9. The lowest BCUT2D eigenvalue weighted by atomic mass is 9.83. The standard InChI is InChI=1S/C25H23ClFN3O/c26-18-5-11-21(12-6-18)29-13-14-30-23-4-2-1-3-17(23)15-22(24(30)16-29)25(31)28-20-9-7-19(27)8-10-20/h1-12,22,24H,13-16H2,(H,28,31). The molecule has 5 rings (SSSR count). The molecule has 1 N–H and O–H groups in total. The van der Waals surface area contributed by atoms with Crippen LogP contribution in [0.5, 0.6) is 0 Å². The maximum absolute atomic E-state index is 13.3. The van der Waals surface area contributed by atoms with Gasteiger partial charge >= 0.3 is 0 Å². The van der Waals surface area contributed by atoms with Crippen LogP contribution in [0, 0.1) is 11.7 Å². The van der Waals surface area contributed by atoms with Crippen molar-refractivity contribution in [2.45, 2.75) is 12.5 Å². The highest BCUT2D eigenvalue weighted by Crippen LogP contribution is 2.37. The summed E-state index contributed by atoms with van der Waals surface area (Å²) in [7, 11) is 0. The molecule has 0 saturated carbocycles. The molecule has 3 aromatic carbocycles. The molecule has 0 radical (unpaired) electrons. The highest BCUT2D eigenvalue weighted by Gasteiger charge is 2.41. The number of fused-ring (bicyclic) bond motifs is 3. The summed E-state index contributed by atoms with van der Waals surface area (Å²) in [6.07, 6.45) is 0.679. The lowest BCUT2D eigenvalue weighted by Gasteiger charge is -2.49. The predicted molar refractivity (Wildman–Crippen MR) is 123 cm³/mol. The molecular formula is C25H23ClFN3O. The largest absolute Gasteiger partial charge is 0.368 e. The third-order valence-corrected chi connectivity index (χ3v) is 6.52. The molecule has 3 aromatic rings. The fourth-order valence-corrected chi connectivity index (χ4v) is 4.84. The lowest BCUT2D eigenvalue weighted by molar-refractivity contribution is -0.120. The Hall–Kier alpha value is -3.05. The minimum atomic E-state index is -0.318. The van der Waals surface area contributed by atoms with E-state index < -0.39 is 0 Å². The molecule has 0 spiro atoms. The molecule has 1 saturated heterocycles. The maximum Gasteiger partial charge on any atom is 0.229 e. The quantitative estimate of drug-likeness (QED) is 0.629. The summed E-state index contributed by atoms with van der Waals surface area (Å²) < 4.78 is 13.3. The summed E-state index contributed by atoms with van der Waals surface area (Å²) in [5, 5.41) is 3.71. The number of nitrogens with one attached hydrogen (secondary N) is 1. The van der Waals surface area contributed by atoms with Gasteiger partial charge < -0.3 is 15.1 Å². The van der Waals surface area contributed by atoms with Crippen LogP contribution in [-0.4, -0.2) is 31.6 Å². The third kappa shape index (κ3) is 3.98. The second kappa shape index (κ2) is 8.23. The molecule has 2 aliphatic rings. The maximum atomic E-state index is 13.3. The highest BCUT2D eigenvalue weighted by molar-refractivity contribution is 6.30. The zero-order chi connectivity index (χ0) is 21.4. The Kier molecular flexibility index (Phi) is 5.28. The number of hydrogen-bond donors (Lipinski definition) is 1. The average molecular weight is 436 g/mol. The van der Waals surface area contributed by atoms with Gasteiger partial charge in [0.25, 0.3) is 0 Å². The fourth-order valence-electron chi connectivity index (χ4n) is 4.71. The van der Waals surface area contributed by atoms with Crippen LogP contribution in [0.3, 0.4) is 0 Å². The Balaban J connectivity index is 1.43. The molecule has 0 aromatic heterocycles. The summed E-state index contributed by atoms with van der Waals surface area (Å²) in [6, 6.07) is 22.2. The Labute approximate surface area is 186 Å². The van der Waals surface area contributed by atoms with Crippen molar-refractivity contribution in [1.29, 1.82) is 0 Å². The van der Waals surface area contributed by atoms with Crippen LogP contribution in [0.25, 0.3) is 0 Å². The number of amides is 1. The summed E-state index contributed by atoms with van der Waals surface area (Å²) in [6.45, 7) is 2.46. The van der Waals surface area contributed by atoms with Crippen molar-refractivity contribution in [3.05, 3.63) is 89.2 Å². The molecule has 6 heteroatoms. The Bertz CT molecular complexity index is 1090. The Morgan fingerprint density at radius 1 is 0.968 bits per heavy atom. The van der Waals surface area contributed by atoms with E-state index in [2.05, 4.69) is 33.3 Å². The number of piperazine rings is 1. The van der Waals surface area contributed by atoms with Crippen molar-refractivity contribution in [3.63, 3.8) is 0 Å². The van der Waals surface area contributed by atoms with E-state index in [0.29, 0.717) is 17.1 Å². The fraction of sp³-hybridized carbons (Fsp3) is 0.240. The molecule has 0 bridgehead atoms. The molecule has 2 heterocycles. The van der Waals surface area contributed by atoms with Gasteiger partial charge in [0.2, 0.25) is 5.91 Å². The number of benzene rings is 3. The first-order chi connectivity index (χ1) is 15.1. The van der Waals surface area contributed by atoms with E-state index in [1.165, 1.54) is 23.4 Å². The number of para-hydroxylation sites is 1. The van der Waals surface area contributed by atoms with Crippen LogP contribution < -0.4 is 15.1 Å². The molecule has 0 aliphatic carbocycles. The van der Waals surface area contributed by atoms with Crippen molar-refractivity contribution < 1.29 is 9.18 Å². The summed E-state index contributed by atoms with van der Waals surface area (Å²) >= 11 is 6.07. The number of hydrogen-bond acceptors (Lipinski definition) is 3. The second-order valence-corrected chi connectivity index (χ2v) is 8.56. The summed E-state index contributed by atoms with van der Waals surface area (Å²) in [5.41, 5.74) is 4.13. The van der Waals surface area contributed by atoms with Crippen molar-refractivity contribution in [2.75, 3.05) is 34.8 Å². The van der Waals surface area contributed by atoms with E-state index in [4.69, 9.17) is 11.6 Å². The minimum Gasteiger partial charge on any atom is -0.368 e. The number of carbonyl (C=O) groups is 1. The minimum absolute atomic E-state index is 0.0333. The van der Waals surface area contributed by atoms with Crippen LogP contribution in [0.2, 0.25) is 5.02 Å². The van der Waals surface area contributed by atoms with Crippen molar-refractivity contribution >= 4 is 34.6 Å². The van der Waals surface area contributed by atoms with Crippen molar-refractivity contribution in [1.82, 2.24) is 0 Å². The predicted octanol–water partition coefficient (Wildman–Crippen LogP) is 4.99. The van der Waals surface area contributed by atoms with E-state index in [-0.39, 0.29) is 23.7 Å². The molecule has 4 nitrogen and oxygen atoms in total. The monoisotopic (exact) mass is 435 g/mol. The smallest absolute Gasteiger partial charge is 0.229 e. The summed E-state index contributed by atoms with van der Waals surface area (Å²) in [5.74, 6) is -0.564. The van der Waals surface area contributed by atoms with Gasteiger partial charge in [-0.25, -0.2) is 4.39 Å². The molecule has 2 atom stereocenters. The number of halogens is 2. The third-order valence-electron chi connectivity index (χ3n) is 6.26. The van der Waals surface area contributed by atoms with Crippen LogP contribution in [0.1, 0.15) is 5.56 Å². The van der Waals surface area contributed by atoms with Gasteiger partial charge in [-0.3, -0.25) is 4.79 Å². The lowest BCUT2D eigenvalue weighted by Crippen LogP contribution is -2.60. The molecule has 2 unspecified atom stereocenters. The first-order valence-electron chi connectivity index (χ1n) is 10.5. The van der Waals surface area contributed by atoms with Gasteiger partial charge in [0.05, 0.1) is 12.0 Å². The van der Waals surface area contributed by atoms with Crippen LogP contribution in [0.4, 0.5) is 21.5 Å². The molecule has 2 aliphatic heterocycles. The van der Waals surface area contributed by atoms with Gasteiger partial charge in [-0.2, -0.15) is 0 Å². The van der Waals surface area contributed by atoms with Crippen LogP contribution in [-0.2, 0) is 11.2 Å². The molecule has 31 heavy (non-hydrogen) atoms. The van der Waals surface area contributed by atoms with Crippen molar-refractivity contribution in [3.8, 4) is 0 Å². The van der Waals surface area contributed by atoms with Gasteiger partial charge in [0.1, 0.15) is 5.82 Å². The van der Waals surface area contributed by atoms with E-state index in [0.717, 1.165) is 25.3 Å². The molecule has 1 fully saturated rings. The highest BCUT2D eigenvalue weighted by atomic mass is 35.5. The summed E-state index contributed by atoms with van der Waals surface area (Å²) in [4.78, 5) is 18.0. The van der Waals surface area contributed by atoms with Gasteiger partial charge in [0, 0.05) is 41.7 Å². The van der Waals surface area contributed by atoms with E-state index in [1.54, 1.807) is 12.1 Å². The van der Waals surface area contributed by atoms with Gasteiger partial charge in [0.15, 0.2) is 0 Å². The van der Waals surface area contributed by atoms with E-state index in [1.807, 2.05) is 30.3 Å². The van der Waals surface area contributed by atoms with E-state index >= 15 is 0 Å². The number of carbonyl (C=O) groups excluding carboxylic acids is 1. The van der Waals surface area contributed by atoms with Crippen molar-refractivity contribution in [2.24, 2.45) is 5.92 Å². The first kappa shape index (κ1) is 19.9.